The molecule has 1 aromatic rings. The second-order valence-electron chi connectivity index (χ2n) is 5.15. The maximum absolute atomic E-state index is 11.7. The molecule has 1 rings (SSSR count). The molecular formula is C13H19BrN2O2. The van der Waals surface area contributed by atoms with Crippen LogP contribution < -0.4 is 11.1 Å². The van der Waals surface area contributed by atoms with Crippen LogP contribution in [0, 0.1) is 0 Å². The number of nitrogens with two attached hydrogens (primary N) is 1. The zero-order valence-corrected chi connectivity index (χ0v) is 12.7. The summed E-state index contributed by atoms with van der Waals surface area (Å²) >= 11 is 3.36. The fraction of sp³-hybridized carbons (Fsp3) is 0.462. The standard InChI is InChI=1S/C13H19BrN2O2/c1-8(15)10-6-5-9(14)7-11(10)16-12(17)18-13(2,3)4/h5-8H,15H2,1-4H3,(H,16,17). The van der Waals surface area contributed by atoms with E-state index in [2.05, 4.69) is 21.2 Å². The molecule has 18 heavy (non-hydrogen) atoms. The third kappa shape index (κ3) is 4.66. The Hall–Kier alpha value is -1.07. The summed E-state index contributed by atoms with van der Waals surface area (Å²) in [4.78, 5) is 11.7. The van der Waals surface area contributed by atoms with Gasteiger partial charge in [-0.25, -0.2) is 4.79 Å². The van der Waals surface area contributed by atoms with E-state index in [1.54, 1.807) is 0 Å². The Balaban J connectivity index is 2.89. The minimum absolute atomic E-state index is 0.164. The summed E-state index contributed by atoms with van der Waals surface area (Å²) in [5, 5.41) is 2.72. The maximum atomic E-state index is 11.7. The summed E-state index contributed by atoms with van der Waals surface area (Å²) < 4.78 is 6.08. The highest BCUT2D eigenvalue weighted by molar-refractivity contribution is 9.10. The van der Waals surface area contributed by atoms with Crippen LogP contribution in [0.15, 0.2) is 22.7 Å². The molecule has 5 heteroatoms. The molecule has 4 nitrogen and oxygen atoms in total. The molecule has 0 bridgehead atoms. The summed E-state index contributed by atoms with van der Waals surface area (Å²) in [5.41, 5.74) is 6.86. The normalized spacial score (nSPS) is 13.0. The van der Waals surface area contributed by atoms with Gasteiger partial charge in [-0.1, -0.05) is 22.0 Å². The van der Waals surface area contributed by atoms with Crippen molar-refractivity contribution in [2.75, 3.05) is 5.32 Å². The van der Waals surface area contributed by atoms with Gasteiger partial charge in [0.15, 0.2) is 0 Å². The van der Waals surface area contributed by atoms with Crippen LogP contribution in [0.2, 0.25) is 0 Å². The lowest BCUT2D eigenvalue weighted by molar-refractivity contribution is 0.0636. The van der Waals surface area contributed by atoms with Gasteiger partial charge < -0.3 is 10.5 Å². The molecule has 1 amide bonds. The van der Waals surface area contributed by atoms with Gasteiger partial charge in [0, 0.05) is 16.2 Å². The first-order valence-corrected chi connectivity index (χ1v) is 6.53. The van der Waals surface area contributed by atoms with Crippen LogP contribution in [0.25, 0.3) is 0 Å². The van der Waals surface area contributed by atoms with E-state index in [9.17, 15) is 4.79 Å². The Morgan fingerprint density at radius 2 is 2.06 bits per heavy atom. The summed E-state index contributed by atoms with van der Waals surface area (Å²) in [6.45, 7) is 7.32. The molecule has 0 heterocycles. The number of benzene rings is 1. The van der Waals surface area contributed by atoms with E-state index in [-0.39, 0.29) is 6.04 Å². The van der Waals surface area contributed by atoms with Crippen molar-refractivity contribution in [3.63, 3.8) is 0 Å². The number of rotatable bonds is 2. The monoisotopic (exact) mass is 314 g/mol. The molecule has 0 spiro atoms. The molecule has 100 valence electrons. The van der Waals surface area contributed by atoms with Gasteiger partial charge in [0.25, 0.3) is 0 Å². The lowest BCUT2D eigenvalue weighted by atomic mass is 10.1. The van der Waals surface area contributed by atoms with Crippen LogP contribution in [0.1, 0.15) is 39.3 Å². The fourth-order valence-corrected chi connectivity index (χ4v) is 1.81. The van der Waals surface area contributed by atoms with Crippen LogP contribution in [0.5, 0.6) is 0 Å². The van der Waals surface area contributed by atoms with Gasteiger partial charge >= 0.3 is 6.09 Å². The first kappa shape index (κ1) is 15.0. The van der Waals surface area contributed by atoms with E-state index in [0.29, 0.717) is 5.69 Å². The van der Waals surface area contributed by atoms with Crippen molar-refractivity contribution in [1.29, 1.82) is 0 Å². The van der Waals surface area contributed by atoms with Gasteiger partial charge in [0.2, 0.25) is 0 Å². The average Bonchev–Trinajstić information content (AvgIpc) is 2.13. The van der Waals surface area contributed by atoms with Crippen molar-refractivity contribution in [1.82, 2.24) is 0 Å². The van der Waals surface area contributed by atoms with Gasteiger partial charge in [0.05, 0.1) is 0 Å². The lowest BCUT2D eigenvalue weighted by Gasteiger charge is -2.21. The average molecular weight is 315 g/mol. The van der Waals surface area contributed by atoms with Crippen molar-refractivity contribution < 1.29 is 9.53 Å². The molecule has 1 atom stereocenters. The van der Waals surface area contributed by atoms with Crippen molar-refractivity contribution in [3.05, 3.63) is 28.2 Å². The van der Waals surface area contributed by atoms with Crippen LogP contribution in [-0.4, -0.2) is 11.7 Å². The molecule has 0 aliphatic carbocycles. The minimum atomic E-state index is -0.523. The second kappa shape index (κ2) is 5.71. The van der Waals surface area contributed by atoms with Crippen LogP contribution in [-0.2, 0) is 4.74 Å². The van der Waals surface area contributed by atoms with Gasteiger partial charge in [-0.2, -0.15) is 0 Å². The number of ether oxygens (including phenoxy) is 1. The highest BCUT2D eigenvalue weighted by Crippen LogP contribution is 2.26. The molecule has 3 N–H and O–H groups in total. The molecule has 0 aliphatic heterocycles. The molecular weight excluding hydrogens is 296 g/mol. The number of anilines is 1. The molecule has 0 radical (unpaired) electrons. The summed E-state index contributed by atoms with van der Waals surface area (Å²) in [5.74, 6) is 0. The number of carbonyl (C=O) groups excluding carboxylic acids is 1. The van der Waals surface area contributed by atoms with E-state index >= 15 is 0 Å². The van der Waals surface area contributed by atoms with E-state index in [0.717, 1.165) is 10.0 Å². The van der Waals surface area contributed by atoms with Crippen molar-refractivity contribution in [3.8, 4) is 0 Å². The molecule has 0 fully saturated rings. The molecule has 0 saturated heterocycles. The van der Waals surface area contributed by atoms with Crippen LogP contribution in [0.3, 0.4) is 0 Å². The Kier molecular flexibility index (Phi) is 4.76. The smallest absolute Gasteiger partial charge is 0.412 e. The molecule has 0 aromatic heterocycles. The van der Waals surface area contributed by atoms with Gasteiger partial charge in [-0.05, 0) is 45.4 Å². The van der Waals surface area contributed by atoms with Gasteiger partial charge in [-0.3, -0.25) is 5.32 Å². The Morgan fingerprint density at radius 1 is 1.44 bits per heavy atom. The Labute approximate surface area is 116 Å². The van der Waals surface area contributed by atoms with Crippen molar-refractivity contribution >= 4 is 27.7 Å². The highest BCUT2D eigenvalue weighted by atomic mass is 79.9. The van der Waals surface area contributed by atoms with Crippen molar-refractivity contribution in [2.45, 2.75) is 39.3 Å². The van der Waals surface area contributed by atoms with Crippen LogP contribution >= 0.6 is 15.9 Å². The number of halogens is 1. The second-order valence-corrected chi connectivity index (χ2v) is 6.06. The number of nitrogens with one attached hydrogen (secondary N) is 1. The van der Waals surface area contributed by atoms with Gasteiger partial charge in [-0.15, -0.1) is 0 Å². The number of hydrogen-bond acceptors (Lipinski definition) is 3. The van der Waals surface area contributed by atoms with Gasteiger partial charge in [0.1, 0.15) is 5.60 Å². The van der Waals surface area contributed by atoms with Crippen LogP contribution in [0.4, 0.5) is 10.5 Å². The van der Waals surface area contributed by atoms with E-state index < -0.39 is 11.7 Å². The zero-order valence-electron chi connectivity index (χ0n) is 11.1. The summed E-state index contributed by atoms with van der Waals surface area (Å²) in [6, 6.07) is 5.41. The molecule has 1 aromatic carbocycles. The Morgan fingerprint density at radius 3 is 2.56 bits per heavy atom. The number of hydrogen-bond donors (Lipinski definition) is 2. The highest BCUT2D eigenvalue weighted by Gasteiger charge is 2.18. The van der Waals surface area contributed by atoms with E-state index in [4.69, 9.17) is 10.5 Å². The predicted octanol–water partition coefficient (Wildman–Crippen LogP) is 3.82. The van der Waals surface area contributed by atoms with Crippen molar-refractivity contribution in [2.24, 2.45) is 5.73 Å². The summed E-state index contributed by atoms with van der Waals surface area (Å²) in [7, 11) is 0. The third-order valence-corrected chi connectivity index (χ3v) is 2.63. The topological polar surface area (TPSA) is 64.3 Å². The van der Waals surface area contributed by atoms with E-state index in [1.807, 2.05) is 45.9 Å². The first-order chi connectivity index (χ1) is 8.19. The minimum Gasteiger partial charge on any atom is -0.444 e. The largest absolute Gasteiger partial charge is 0.444 e. The number of carbonyl (C=O) groups is 1. The zero-order chi connectivity index (χ0) is 13.9. The molecule has 0 aliphatic rings. The maximum Gasteiger partial charge on any atom is 0.412 e. The number of amides is 1. The fourth-order valence-electron chi connectivity index (χ4n) is 1.45. The molecule has 0 saturated carbocycles. The SMILES string of the molecule is CC(N)c1ccc(Br)cc1NC(=O)OC(C)(C)C. The Bertz CT molecular complexity index is 439. The lowest BCUT2D eigenvalue weighted by Crippen LogP contribution is -2.27. The summed E-state index contributed by atoms with van der Waals surface area (Å²) in [6.07, 6.45) is -0.484. The predicted molar refractivity (Wildman–Crippen MR) is 76.6 cm³/mol. The molecule has 1 unspecified atom stereocenters. The quantitative estimate of drug-likeness (QED) is 0.872. The third-order valence-electron chi connectivity index (χ3n) is 2.14. The first-order valence-electron chi connectivity index (χ1n) is 5.74. The van der Waals surface area contributed by atoms with E-state index in [1.165, 1.54) is 0 Å².